The molecule has 26 heavy (non-hydrogen) atoms. The van der Waals surface area contributed by atoms with Crippen LogP contribution in [-0.2, 0) is 0 Å². The van der Waals surface area contributed by atoms with Gasteiger partial charge in [0, 0.05) is 37.3 Å². The molecule has 3 rings (SSSR count). The summed E-state index contributed by atoms with van der Waals surface area (Å²) < 4.78 is 26.3. The first kappa shape index (κ1) is 18.0. The van der Waals surface area contributed by atoms with E-state index >= 15 is 0 Å². The van der Waals surface area contributed by atoms with Crippen LogP contribution in [0.15, 0.2) is 36.4 Å². The average molecular weight is 358 g/mol. The van der Waals surface area contributed by atoms with Gasteiger partial charge in [0.2, 0.25) is 0 Å². The van der Waals surface area contributed by atoms with Crippen LogP contribution in [0.2, 0.25) is 0 Å². The number of halogens is 2. The maximum Gasteiger partial charge on any atom is 0.254 e. The van der Waals surface area contributed by atoms with E-state index in [1.54, 1.807) is 9.80 Å². The van der Waals surface area contributed by atoms with Crippen molar-refractivity contribution in [3.8, 4) is 0 Å². The third kappa shape index (κ3) is 3.74. The summed E-state index contributed by atoms with van der Waals surface area (Å²) in [6.45, 7) is 5.41. The van der Waals surface area contributed by atoms with Gasteiger partial charge in [-0.2, -0.15) is 0 Å². The second-order valence-corrected chi connectivity index (χ2v) is 6.59. The number of piperazine rings is 1. The second kappa shape index (κ2) is 7.23. The van der Waals surface area contributed by atoms with Crippen molar-refractivity contribution < 1.29 is 18.4 Å². The van der Waals surface area contributed by atoms with Crippen molar-refractivity contribution in [1.82, 2.24) is 9.80 Å². The Bertz CT molecular complexity index is 839. The van der Waals surface area contributed by atoms with Crippen molar-refractivity contribution in [3.63, 3.8) is 0 Å². The van der Waals surface area contributed by atoms with Gasteiger partial charge >= 0.3 is 0 Å². The molecule has 0 spiro atoms. The predicted octanol–water partition coefficient (Wildman–Crippen LogP) is 3.18. The van der Waals surface area contributed by atoms with Gasteiger partial charge in [-0.05, 0) is 44.2 Å². The molecule has 1 saturated heterocycles. The van der Waals surface area contributed by atoms with E-state index in [9.17, 15) is 18.4 Å². The maximum atomic E-state index is 13.3. The zero-order valence-electron chi connectivity index (χ0n) is 14.8. The third-order valence-corrected chi connectivity index (χ3v) is 4.49. The smallest absolute Gasteiger partial charge is 0.254 e. The molecule has 0 N–H and O–H groups in total. The minimum Gasteiger partial charge on any atom is -0.335 e. The van der Waals surface area contributed by atoms with Gasteiger partial charge in [-0.3, -0.25) is 9.59 Å². The van der Waals surface area contributed by atoms with Crippen LogP contribution in [-0.4, -0.2) is 47.8 Å². The molecule has 0 unspecified atom stereocenters. The summed E-state index contributed by atoms with van der Waals surface area (Å²) >= 11 is 0. The van der Waals surface area contributed by atoms with Crippen LogP contribution >= 0.6 is 0 Å². The van der Waals surface area contributed by atoms with Gasteiger partial charge in [0.25, 0.3) is 11.8 Å². The zero-order valence-corrected chi connectivity index (χ0v) is 14.8. The number of hydrogen-bond donors (Lipinski definition) is 0. The van der Waals surface area contributed by atoms with Gasteiger partial charge in [0.15, 0.2) is 11.6 Å². The highest BCUT2D eigenvalue weighted by Crippen LogP contribution is 2.16. The third-order valence-electron chi connectivity index (χ3n) is 4.49. The summed E-state index contributed by atoms with van der Waals surface area (Å²) in [7, 11) is 0. The zero-order chi connectivity index (χ0) is 18.8. The molecule has 1 fully saturated rings. The Balaban J connectivity index is 1.65. The number of carbonyl (C=O) groups excluding carboxylic acids is 2. The summed E-state index contributed by atoms with van der Waals surface area (Å²) in [6.07, 6.45) is 0. The fourth-order valence-electron chi connectivity index (χ4n) is 3.21. The number of nitrogens with zero attached hydrogens (tertiary/aromatic N) is 2. The molecule has 136 valence electrons. The monoisotopic (exact) mass is 358 g/mol. The number of carbonyl (C=O) groups is 2. The lowest BCUT2D eigenvalue weighted by molar-refractivity contribution is 0.0535. The highest BCUT2D eigenvalue weighted by Gasteiger charge is 2.26. The molecule has 0 bridgehead atoms. The van der Waals surface area contributed by atoms with E-state index in [0.29, 0.717) is 31.7 Å². The molecule has 1 aliphatic heterocycles. The lowest BCUT2D eigenvalue weighted by Gasteiger charge is -2.35. The van der Waals surface area contributed by atoms with Crippen molar-refractivity contribution >= 4 is 11.8 Å². The second-order valence-electron chi connectivity index (χ2n) is 6.59. The maximum absolute atomic E-state index is 13.3. The summed E-state index contributed by atoms with van der Waals surface area (Å²) in [5.41, 5.74) is 2.81. The van der Waals surface area contributed by atoms with Crippen LogP contribution < -0.4 is 0 Å². The molecular weight excluding hydrogens is 338 g/mol. The fourth-order valence-corrected chi connectivity index (χ4v) is 3.21. The standard InChI is InChI=1S/C20H20F2N2O2/c1-13-9-14(2)11-16(10-13)20(26)24-7-5-23(6-8-24)19(25)15-3-4-17(21)18(22)12-15/h3-4,9-12H,5-8H2,1-2H3. The van der Waals surface area contributed by atoms with Crippen molar-refractivity contribution in [1.29, 1.82) is 0 Å². The summed E-state index contributed by atoms with van der Waals surface area (Å²) in [6, 6.07) is 8.85. The van der Waals surface area contributed by atoms with Gasteiger partial charge in [-0.15, -0.1) is 0 Å². The van der Waals surface area contributed by atoms with Gasteiger partial charge in [0.05, 0.1) is 0 Å². The molecule has 2 aromatic rings. The van der Waals surface area contributed by atoms with Crippen LogP contribution in [0.25, 0.3) is 0 Å². The topological polar surface area (TPSA) is 40.6 Å². The van der Waals surface area contributed by atoms with E-state index in [1.807, 2.05) is 32.0 Å². The molecular formula is C20H20F2N2O2. The quantitative estimate of drug-likeness (QED) is 0.827. The van der Waals surface area contributed by atoms with E-state index in [1.165, 1.54) is 6.07 Å². The molecule has 0 aromatic heterocycles. The van der Waals surface area contributed by atoms with Crippen molar-refractivity contribution in [2.75, 3.05) is 26.2 Å². The molecule has 0 atom stereocenters. The first-order chi connectivity index (χ1) is 12.3. The molecule has 0 aliphatic carbocycles. The predicted molar refractivity (Wildman–Crippen MR) is 94.1 cm³/mol. The van der Waals surface area contributed by atoms with Crippen LogP contribution in [0.1, 0.15) is 31.8 Å². The normalized spacial score (nSPS) is 14.5. The van der Waals surface area contributed by atoms with Crippen LogP contribution in [0.5, 0.6) is 0 Å². The molecule has 6 heteroatoms. The first-order valence-corrected chi connectivity index (χ1v) is 8.47. The summed E-state index contributed by atoms with van der Waals surface area (Å²) in [4.78, 5) is 28.4. The fraction of sp³-hybridized carbons (Fsp3) is 0.300. The van der Waals surface area contributed by atoms with Crippen molar-refractivity contribution in [2.24, 2.45) is 0 Å². The van der Waals surface area contributed by atoms with Crippen molar-refractivity contribution in [3.05, 3.63) is 70.3 Å². The number of rotatable bonds is 2. The van der Waals surface area contributed by atoms with Gasteiger partial charge in [0.1, 0.15) is 0 Å². The van der Waals surface area contributed by atoms with E-state index in [2.05, 4.69) is 0 Å². The first-order valence-electron chi connectivity index (χ1n) is 8.47. The number of hydrogen-bond acceptors (Lipinski definition) is 2. The highest BCUT2D eigenvalue weighted by molar-refractivity contribution is 5.96. The van der Waals surface area contributed by atoms with Gasteiger partial charge in [-0.1, -0.05) is 17.2 Å². The highest BCUT2D eigenvalue weighted by atomic mass is 19.2. The lowest BCUT2D eigenvalue weighted by atomic mass is 10.1. The van der Waals surface area contributed by atoms with E-state index in [0.717, 1.165) is 23.3 Å². The lowest BCUT2D eigenvalue weighted by Crippen LogP contribution is -2.50. The molecule has 0 saturated carbocycles. The molecule has 4 nitrogen and oxygen atoms in total. The minimum absolute atomic E-state index is 0.0586. The van der Waals surface area contributed by atoms with Crippen molar-refractivity contribution in [2.45, 2.75) is 13.8 Å². The van der Waals surface area contributed by atoms with E-state index < -0.39 is 11.6 Å². The molecule has 1 aliphatic rings. The van der Waals surface area contributed by atoms with Crippen LogP contribution in [0, 0.1) is 25.5 Å². The Morgan fingerprint density at radius 1 is 0.731 bits per heavy atom. The molecule has 2 aromatic carbocycles. The Morgan fingerprint density at radius 2 is 1.23 bits per heavy atom. The van der Waals surface area contributed by atoms with E-state index in [-0.39, 0.29) is 17.4 Å². The Morgan fingerprint density at radius 3 is 1.73 bits per heavy atom. The SMILES string of the molecule is Cc1cc(C)cc(C(=O)N2CCN(C(=O)c3ccc(F)c(F)c3)CC2)c1. The number of aryl methyl sites for hydroxylation is 2. The Kier molecular flexibility index (Phi) is 5.02. The average Bonchev–Trinajstić information content (AvgIpc) is 2.62. The molecule has 1 heterocycles. The Labute approximate surface area is 151 Å². The minimum atomic E-state index is -1.04. The summed E-state index contributed by atoms with van der Waals surface area (Å²) in [5, 5.41) is 0. The molecule has 0 radical (unpaired) electrons. The largest absolute Gasteiger partial charge is 0.335 e. The van der Waals surface area contributed by atoms with Crippen LogP contribution in [0.3, 0.4) is 0 Å². The van der Waals surface area contributed by atoms with Gasteiger partial charge < -0.3 is 9.80 Å². The number of amides is 2. The molecule has 2 amide bonds. The number of benzene rings is 2. The Hall–Kier alpha value is -2.76. The van der Waals surface area contributed by atoms with E-state index in [4.69, 9.17) is 0 Å². The van der Waals surface area contributed by atoms with Crippen LogP contribution in [0.4, 0.5) is 8.78 Å². The summed E-state index contributed by atoms with van der Waals surface area (Å²) in [5.74, 6) is -2.44. The van der Waals surface area contributed by atoms with Gasteiger partial charge in [-0.25, -0.2) is 8.78 Å².